The lowest BCUT2D eigenvalue weighted by molar-refractivity contribution is -0.139. The molecule has 1 atom stereocenters. The highest BCUT2D eigenvalue weighted by atomic mass is 35.5. The van der Waals surface area contributed by atoms with Gasteiger partial charge in [0.2, 0.25) is 0 Å². The second-order valence-corrected chi connectivity index (χ2v) is 3.95. The average molecular weight is 272 g/mol. The second-order valence-electron chi connectivity index (χ2n) is 3.51. The number of benzene rings is 1. The zero-order chi connectivity index (χ0) is 13.7. The van der Waals surface area contributed by atoms with Crippen molar-refractivity contribution in [1.82, 2.24) is 5.32 Å². The van der Waals surface area contributed by atoms with Crippen LogP contribution in [0.2, 0.25) is 5.02 Å². The first-order valence-electron chi connectivity index (χ1n) is 5.05. The highest BCUT2D eigenvalue weighted by molar-refractivity contribution is 6.31. The first-order valence-corrected chi connectivity index (χ1v) is 5.43. The molecule has 0 fully saturated rings. The summed E-state index contributed by atoms with van der Waals surface area (Å²) in [6.45, 7) is 3.38. The van der Waals surface area contributed by atoms with E-state index >= 15 is 0 Å². The summed E-state index contributed by atoms with van der Waals surface area (Å²) in [6, 6.07) is 2.33. The van der Waals surface area contributed by atoms with E-state index in [1.165, 1.54) is 12.1 Å². The topological polar surface area (TPSA) is 66.4 Å². The van der Waals surface area contributed by atoms with Crippen molar-refractivity contribution in [3.63, 3.8) is 0 Å². The molecule has 1 unspecified atom stereocenters. The monoisotopic (exact) mass is 271 g/mol. The Morgan fingerprint density at radius 3 is 2.78 bits per heavy atom. The van der Waals surface area contributed by atoms with Crippen molar-refractivity contribution in [1.29, 1.82) is 0 Å². The largest absolute Gasteiger partial charge is 0.480 e. The summed E-state index contributed by atoms with van der Waals surface area (Å²) in [6.07, 6.45) is 1.40. The van der Waals surface area contributed by atoms with Crippen LogP contribution in [0, 0.1) is 5.82 Å². The summed E-state index contributed by atoms with van der Waals surface area (Å²) in [7, 11) is 0. The van der Waals surface area contributed by atoms with Crippen molar-refractivity contribution in [2.75, 3.05) is 0 Å². The van der Waals surface area contributed by atoms with E-state index < -0.39 is 23.7 Å². The van der Waals surface area contributed by atoms with Gasteiger partial charge in [-0.2, -0.15) is 0 Å². The van der Waals surface area contributed by atoms with Crippen LogP contribution in [0.1, 0.15) is 16.8 Å². The Morgan fingerprint density at radius 1 is 1.56 bits per heavy atom. The minimum absolute atomic E-state index is 0.0449. The predicted molar refractivity (Wildman–Crippen MR) is 65.1 cm³/mol. The number of carbonyl (C=O) groups excluding carboxylic acids is 1. The normalized spacial score (nSPS) is 11.7. The molecule has 6 heteroatoms. The molecule has 1 aromatic carbocycles. The fourth-order valence-corrected chi connectivity index (χ4v) is 1.47. The van der Waals surface area contributed by atoms with Gasteiger partial charge in [-0.3, -0.25) is 4.79 Å². The molecule has 0 saturated carbocycles. The van der Waals surface area contributed by atoms with Crippen molar-refractivity contribution in [3.8, 4) is 0 Å². The molecule has 0 saturated heterocycles. The molecule has 1 rings (SSSR count). The van der Waals surface area contributed by atoms with Gasteiger partial charge in [-0.1, -0.05) is 17.7 Å². The molecule has 4 nitrogen and oxygen atoms in total. The van der Waals surface area contributed by atoms with Crippen molar-refractivity contribution < 1.29 is 19.1 Å². The number of halogens is 2. The fourth-order valence-electron chi connectivity index (χ4n) is 1.30. The van der Waals surface area contributed by atoms with Crippen LogP contribution in [0.25, 0.3) is 0 Å². The summed E-state index contributed by atoms with van der Waals surface area (Å²) in [4.78, 5) is 22.5. The molecule has 0 heterocycles. The molecule has 0 aromatic heterocycles. The zero-order valence-corrected chi connectivity index (χ0v) is 10.1. The standard InChI is InChI=1S/C12H11ClFNO3/c1-2-3-10(12(17)18)15-11(16)8-6-7(13)4-5-9(8)14/h2,4-6,10H,1,3H2,(H,15,16)(H,17,18). The minimum atomic E-state index is -1.22. The van der Waals surface area contributed by atoms with Crippen LogP contribution in [0.3, 0.4) is 0 Å². The van der Waals surface area contributed by atoms with E-state index in [0.29, 0.717) is 0 Å². The van der Waals surface area contributed by atoms with E-state index in [0.717, 1.165) is 12.1 Å². The molecular weight excluding hydrogens is 261 g/mol. The fraction of sp³-hybridized carbons (Fsp3) is 0.167. The summed E-state index contributed by atoms with van der Waals surface area (Å²) in [5.41, 5.74) is -0.294. The smallest absolute Gasteiger partial charge is 0.326 e. The number of hydrogen-bond acceptors (Lipinski definition) is 2. The Hall–Kier alpha value is -1.88. The number of nitrogens with one attached hydrogen (secondary N) is 1. The maximum absolute atomic E-state index is 13.4. The van der Waals surface area contributed by atoms with Crippen LogP contribution in [0.4, 0.5) is 4.39 Å². The van der Waals surface area contributed by atoms with Gasteiger partial charge in [0.25, 0.3) is 5.91 Å². The van der Waals surface area contributed by atoms with Gasteiger partial charge in [0.1, 0.15) is 11.9 Å². The third-order valence-corrected chi connectivity index (χ3v) is 2.41. The van der Waals surface area contributed by atoms with Crippen molar-refractivity contribution in [3.05, 3.63) is 47.3 Å². The lowest BCUT2D eigenvalue weighted by Gasteiger charge is -2.12. The number of carbonyl (C=O) groups is 2. The van der Waals surface area contributed by atoms with Gasteiger partial charge in [0.05, 0.1) is 5.56 Å². The summed E-state index contributed by atoms with van der Waals surface area (Å²) >= 11 is 5.64. The van der Waals surface area contributed by atoms with E-state index in [1.807, 2.05) is 0 Å². The van der Waals surface area contributed by atoms with Crippen LogP contribution < -0.4 is 5.32 Å². The van der Waals surface area contributed by atoms with Crippen LogP contribution in [-0.2, 0) is 4.79 Å². The number of carboxylic acids is 1. The highest BCUT2D eigenvalue weighted by Crippen LogP contribution is 2.15. The van der Waals surface area contributed by atoms with Crippen molar-refractivity contribution in [2.45, 2.75) is 12.5 Å². The third kappa shape index (κ3) is 3.56. The number of aliphatic carboxylic acids is 1. The highest BCUT2D eigenvalue weighted by Gasteiger charge is 2.21. The molecule has 1 amide bonds. The van der Waals surface area contributed by atoms with Gasteiger partial charge in [0, 0.05) is 5.02 Å². The van der Waals surface area contributed by atoms with Crippen LogP contribution >= 0.6 is 11.6 Å². The number of hydrogen-bond donors (Lipinski definition) is 2. The van der Waals surface area contributed by atoms with Gasteiger partial charge >= 0.3 is 5.97 Å². The van der Waals surface area contributed by atoms with Gasteiger partial charge in [-0.15, -0.1) is 6.58 Å². The number of carboxylic acid groups (broad SMARTS) is 1. The zero-order valence-electron chi connectivity index (χ0n) is 9.32. The maximum atomic E-state index is 13.4. The Morgan fingerprint density at radius 2 is 2.22 bits per heavy atom. The van der Waals surface area contributed by atoms with Gasteiger partial charge in [-0.05, 0) is 24.6 Å². The molecule has 0 aliphatic carbocycles. The van der Waals surface area contributed by atoms with Crippen molar-refractivity contribution >= 4 is 23.5 Å². The van der Waals surface area contributed by atoms with Gasteiger partial charge in [-0.25, -0.2) is 9.18 Å². The predicted octanol–water partition coefficient (Wildman–Crippen LogP) is 2.24. The third-order valence-electron chi connectivity index (χ3n) is 2.18. The molecule has 0 spiro atoms. The Bertz CT molecular complexity index is 490. The Labute approximate surface area is 108 Å². The molecule has 2 N–H and O–H groups in total. The van der Waals surface area contributed by atoms with E-state index in [2.05, 4.69) is 11.9 Å². The van der Waals surface area contributed by atoms with Crippen LogP contribution in [-0.4, -0.2) is 23.0 Å². The lowest BCUT2D eigenvalue weighted by atomic mass is 10.1. The summed E-state index contributed by atoms with van der Waals surface area (Å²) in [5.74, 6) is -2.81. The molecule has 1 aromatic rings. The van der Waals surface area contributed by atoms with E-state index in [-0.39, 0.29) is 17.0 Å². The molecule has 0 aliphatic heterocycles. The summed E-state index contributed by atoms with van der Waals surface area (Å²) < 4.78 is 13.4. The van der Waals surface area contributed by atoms with Crippen LogP contribution in [0.15, 0.2) is 30.9 Å². The van der Waals surface area contributed by atoms with E-state index in [9.17, 15) is 14.0 Å². The van der Waals surface area contributed by atoms with E-state index in [1.54, 1.807) is 0 Å². The lowest BCUT2D eigenvalue weighted by Crippen LogP contribution is -2.40. The first kappa shape index (κ1) is 14.2. The van der Waals surface area contributed by atoms with Crippen molar-refractivity contribution in [2.24, 2.45) is 0 Å². The Kier molecular flexibility index (Phi) is 4.85. The minimum Gasteiger partial charge on any atom is -0.480 e. The first-order chi connectivity index (χ1) is 8.45. The quantitative estimate of drug-likeness (QED) is 0.807. The van der Waals surface area contributed by atoms with Gasteiger partial charge < -0.3 is 10.4 Å². The van der Waals surface area contributed by atoms with Crippen LogP contribution in [0.5, 0.6) is 0 Å². The molecule has 0 radical (unpaired) electrons. The maximum Gasteiger partial charge on any atom is 0.326 e. The molecule has 96 valence electrons. The molecule has 0 bridgehead atoms. The summed E-state index contributed by atoms with van der Waals surface area (Å²) in [5, 5.41) is 11.2. The molecule has 0 aliphatic rings. The number of rotatable bonds is 5. The second kappa shape index (κ2) is 6.16. The SMILES string of the molecule is C=CCC(NC(=O)c1cc(Cl)ccc1F)C(=O)O. The Balaban J connectivity index is 2.89. The molecular formula is C12H11ClFNO3. The average Bonchev–Trinajstić information content (AvgIpc) is 2.31. The number of amides is 1. The van der Waals surface area contributed by atoms with E-state index in [4.69, 9.17) is 16.7 Å². The van der Waals surface area contributed by atoms with Gasteiger partial charge in [0.15, 0.2) is 0 Å². The molecule has 18 heavy (non-hydrogen) atoms.